The highest BCUT2D eigenvalue weighted by molar-refractivity contribution is 6.35. The van der Waals surface area contributed by atoms with Gasteiger partial charge in [-0.1, -0.05) is 54.8 Å². The van der Waals surface area contributed by atoms with Crippen molar-refractivity contribution in [3.8, 4) is 5.75 Å². The van der Waals surface area contributed by atoms with Crippen molar-refractivity contribution in [2.75, 3.05) is 86.7 Å². The molecular formula is C57H78ClN7O18. The van der Waals surface area contributed by atoms with E-state index >= 15 is 0 Å². The molecule has 4 aliphatic heterocycles. The van der Waals surface area contributed by atoms with Crippen molar-refractivity contribution in [2.45, 2.75) is 133 Å². The summed E-state index contributed by atoms with van der Waals surface area (Å²) in [5, 5.41) is 17.2. The molecule has 0 radical (unpaired) electrons. The number of aliphatic hydroxyl groups is 1. The zero-order valence-corrected chi connectivity index (χ0v) is 49.5. The number of ether oxygens (including phenoxy) is 8. The number of epoxide rings is 1. The van der Waals surface area contributed by atoms with Gasteiger partial charge in [0.05, 0.1) is 37.8 Å². The van der Waals surface area contributed by atoms with Gasteiger partial charge in [-0.3, -0.25) is 34.2 Å². The van der Waals surface area contributed by atoms with Crippen molar-refractivity contribution in [1.29, 1.82) is 0 Å². The van der Waals surface area contributed by atoms with Gasteiger partial charge in [0, 0.05) is 86.0 Å². The molecule has 25 nitrogen and oxygen atoms in total. The van der Waals surface area contributed by atoms with Gasteiger partial charge in [0.2, 0.25) is 17.7 Å². The molecule has 26 heteroatoms. The molecule has 0 spiro atoms. The van der Waals surface area contributed by atoms with Crippen LogP contribution in [-0.4, -0.2) is 214 Å². The Balaban J connectivity index is 1.03. The highest BCUT2D eigenvalue weighted by Crippen LogP contribution is 2.49. The molecule has 8 amide bonds. The molecule has 3 N–H and O–H groups in total. The second-order valence-electron chi connectivity index (χ2n) is 21.5. The van der Waals surface area contributed by atoms with Gasteiger partial charge in [-0.05, 0) is 70.2 Å². The molecular weight excluding hydrogens is 1110 g/mol. The van der Waals surface area contributed by atoms with Crippen LogP contribution in [-0.2, 0) is 68.3 Å². The van der Waals surface area contributed by atoms with Crippen molar-refractivity contribution in [2.24, 2.45) is 5.92 Å². The van der Waals surface area contributed by atoms with Crippen LogP contribution in [0.5, 0.6) is 5.75 Å². The fourth-order valence-electron chi connectivity index (χ4n) is 10.0. The number of rotatable bonds is 18. The molecule has 2 unspecified atom stereocenters. The van der Waals surface area contributed by atoms with Crippen molar-refractivity contribution >= 4 is 71.1 Å². The molecule has 0 aromatic heterocycles. The van der Waals surface area contributed by atoms with E-state index in [1.807, 2.05) is 19.1 Å². The van der Waals surface area contributed by atoms with E-state index in [9.17, 15) is 48.3 Å². The Hall–Kier alpha value is -7.06. The predicted octanol–water partition coefficient (Wildman–Crippen LogP) is 3.97. The van der Waals surface area contributed by atoms with Crippen LogP contribution in [0.3, 0.4) is 0 Å². The molecule has 5 aliphatic rings. The molecule has 1 aliphatic carbocycles. The standard InChI is InChI=1S/C57H78ClN7O18/c1-34-16-15-19-43(77-10)57(75)32-42(80-53(72)60-57)35(2)51-56(4,83-51)44(31-49(70)64(8)38-29-37(28-34)30-41(76-9)50(38)58)82-52(71)36(3)63(7)46(67)22-27-78-54(73)61(5)25-26-62(6)55(74)81-40-18-14-12-11-13-17-39(40)79-33-45(66)59-23-24-65-47(68)20-21-48(65)69/h14-16,18-21,29-30,35-36,39-40,42-44,51,75H,11-13,17,22-28,31-33H2,1-10H3,(H,59,66)(H,60,72)/t35-,36+,39?,40?,42+,43-,44+,51+,56+,57+/m1/s1. The average Bonchev–Trinajstić information content (AvgIpc) is 2.04. The van der Waals surface area contributed by atoms with E-state index in [0.717, 1.165) is 52.4 Å². The van der Waals surface area contributed by atoms with Crippen LogP contribution >= 0.6 is 11.6 Å². The summed E-state index contributed by atoms with van der Waals surface area (Å²) in [6.07, 6.45) is 5.58. The number of allylic oxidation sites excluding steroid dienone is 4. The first-order valence-corrected chi connectivity index (χ1v) is 27.9. The maximum atomic E-state index is 14.4. The SMILES string of the molecule is COc1cc2cc(c1Cl)N(C)C(=O)C[C@H](OC(=O)[C@H](C)N(C)C(=O)CCOC(=O)N(C)CCN(C)C(=O)OC1C=CCCCCC1OCC(=O)NCCN1C(=O)C=CC1=O)[C@]1(C)O[C@H]1[C@H](C)[C@@H]1C[C@@](O)(NC(=O)O1)[C@H](OC)C=CC=C(C)C2. The van der Waals surface area contributed by atoms with Gasteiger partial charge in [0.15, 0.2) is 5.72 Å². The number of fused-ring (bicyclic) bond motifs is 5. The number of hydrogen-bond acceptors (Lipinski definition) is 18. The lowest BCUT2D eigenvalue weighted by Crippen LogP contribution is -2.63. The van der Waals surface area contributed by atoms with E-state index in [-0.39, 0.29) is 57.3 Å². The van der Waals surface area contributed by atoms with Crippen LogP contribution in [0.4, 0.5) is 20.1 Å². The number of hydrogen-bond donors (Lipinski definition) is 3. The number of nitrogens with zero attached hydrogens (tertiary/aromatic N) is 5. The number of methoxy groups -OCH3 is 2. The molecule has 1 aromatic carbocycles. The maximum absolute atomic E-state index is 14.4. The highest BCUT2D eigenvalue weighted by atomic mass is 35.5. The van der Waals surface area contributed by atoms with Gasteiger partial charge in [0.1, 0.15) is 60.0 Å². The first-order valence-electron chi connectivity index (χ1n) is 27.5. The molecule has 1 aromatic rings. The monoisotopic (exact) mass is 1180 g/mol. The van der Waals surface area contributed by atoms with Gasteiger partial charge < -0.3 is 67.9 Å². The number of nitrogens with one attached hydrogen (secondary N) is 2. The van der Waals surface area contributed by atoms with Crippen LogP contribution < -0.4 is 20.3 Å². The van der Waals surface area contributed by atoms with Crippen LogP contribution in [0.1, 0.15) is 78.2 Å². The van der Waals surface area contributed by atoms with Gasteiger partial charge in [0.25, 0.3) is 11.8 Å². The highest BCUT2D eigenvalue weighted by Gasteiger charge is 2.64. The van der Waals surface area contributed by atoms with E-state index in [0.29, 0.717) is 24.3 Å². The fraction of sp³-hybridized carbons (Fsp3) is 0.596. The Labute approximate surface area is 488 Å². The van der Waals surface area contributed by atoms with Crippen molar-refractivity contribution in [3.63, 3.8) is 0 Å². The number of imide groups is 1. The van der Waals surface area contributed by atoms with Crippen LogP contribution in [0.15, 0.2) is 60.2 Å². The molecule has 4 bridgehead atoms. The van der Waals surface area contributed by atoms with Crippen molar-refractivity contribution in [3.05, 3.63) is 70.8 Å². The quantitative estimate of drug-likeness (QED) is 0.0616. The summed E-state index contributed by atoms with van der Waals surface area (Å²) in [6.45, 7) is 6.08. The third-order valence-corrected chi connectivity index (χ3v) is 15.9. The number of esters is 1. The topological polar surface area (TPSA) is 291 Å². The Morgan fingerprint density at radius 1 is 0.988 bits per heavy atom. The van der Waals surface area contributed by atoms with Crippen molar-refractivity contribution in [1.82, 2.24) is 30.2 Å². The zero-order chi connectivity index (χ0) is 60.9. The summed E-state index contributed by atoms with van der Waals surface area (Å²) in [7, 11) is 8.69. The predicted molar refractivity (Wildman–Crippen MR) is 299 cm³/mol. The third-order valence-electron chi connectivity index (χ3n) is 15.5. The number of likely N-dealkylation sites (N-methyl/N-ethyl adjacent to an activating group) is 3. The smallest absolute Gasteiger partial charge is 0.410 e. The second kappa shape index (κ2) is 29.0. The molecule has 10 atom stereocenters. The Morgan fingerprint density at radius 2 is 1.69 bits per heavy atom. The van der Waals surface area contributed by atoms with E-state index in [1.165, 1.54) is 64.0 Å². The molecule has 4 heterocycles. The van der Waals surface area contributed by atoms with Crippen LogP contribution in [0, 0.1) is 5.92 Å². The average molecular weight is 1180 g/mol. The van der Waals surface area contributed by atoms with Gasteiger partial charge in [-0.2, -0.15) is 0 Å². The summed E-state index contributed by atoms with van der Waals surface area (Å²) in [5.74, 6) is -3.70. The Bertz CT molecular complexity index is 2700. The lowest BCUT2D eigenvalue weighted by atomic mass is 9.83. The number of carbonyl (C=O) groups is 9. The minimum atomic E-state index is -1.90. The van der Waals surface area contributed by atoms with E-state index in [4.69, 9.17) is 49.5 Å². The third kappa shape index (κ3) is 16.8. The Kier molecular flexibility index (Phi) is 22.7. The lowest BCUT2D eigenvalue weighted by Gasteiger charge is -2.42. The molecule has 6 rings (SSSR count). The minimum absolute atomic E-state index is 0.00227. The van der Waals surface area contributed by atoms with Crippen molar-refractivity contribution < 1.29 is 86.2 Å². The first kappa shape index (κ1) is 65.1. The normalized spacial score (nSPS) is 26.7. The second-order valence-corrected chi connectivity index (χ2v) is 21.9. The number of carbonyl (C=O) groups excluding carboxylic acids is 9. The molecule has 456 valence electrons. The fourth-order valence-corrected chi connectivity index (χ4v) is 10.3. The molecule has 2 fully saturated rings. The summed E-state index contributed by atoms with van der Waals surface area (Å²) >= 11 is 6.82. The largest absolute Gasteiger partial charge is 0.495 e. The zero-order valence-electron chi connectivity index (χ0n) is 48.7. The summed E-state index contributed by atoms with van der Waals surface area (Å²) < 4.78 is 46.5. The number of alkyl carbamates (subject to hydrolysis) is 1. The number of anilines is 1. The molecule has 83 heavy (non-hydrogen) atoms. The van der Waals surface area contributed by atoms with E-state index < -0.39 is 120 Å². The van der Waals surface area contributed by atoms with Crippen LogP contribution in [0.25, 0.3) is 0 Å². The lowest BCUT2D eigenvalue weighted by molar-refractivity contribution is -0.162. The summed E-state index contributed by atoms with van der Waals surface area (Å²) in [4.78, 5) is 124. The minimum Gasteiger partial charge on any atom is -0.495 e. The number of halogens is 1. The Morgan fingerprint density at radius 3 is 2.37 bits per heavy atom. The maximum Gasteiger partial charge on any atom is 0.410 e. The summed E-state index contributed by atoms with van der Waals surface area (Å²) in [6, 6.07) is 2.28. The molecule has 2 saturated heterocycles. The van der Waals surface area contributed by atoms with Gasteiger partial charge in [-0.15, -0.1) is 0 Å². The number of benzene rings is 1. The first-order chi connectivity index (χ1) is 39.3. The van der Waals surface area contributed by atoms with Gasteiger partial charge in [-0.25, -0.2) is 19.2 Å². The van der Waals surface area contributed by atoms with E-state index in [2.05, 4.69) is 10.6 Å². The molecule has 0 saturated carbocycles. The summed E-state index contributed by atoms with van der Waals surface area (Å²) in [5.41, 5.74) is -1.30. The van der Waals surface area contributed by atoms with E-state index in [1.54, 1.807) is 44.2 Å². The number of amides is 8. The van der Waals surface area contributed by atoms with Crippen LogP contribution in [0.2, 0.25) is 5.02 Å². The van der Waals surface area contributed by atoms with Gasteiger partial charge >= 0.3 is 24.2 Å².